The van der Waals surface area contributed by atoms with Crippen molar-refractivity contribution in [3.05, 3.63) is 101 Å². The first-order valence-electron chi connectivity index (χ1n) is 9.70. The van der Waals surface area contributed by atoms with Crippen LogP contribution in [0.15, 0.2) is 57.0 Å². The van der Waals surface area contributed by atoms with E-state index < -0.39 is 57.1 Å². The molecule has 0 unspecified atom stereocenters. The van der Waals surface area contributed by atoms with Crippen LogP contribution >= 0.6 is 0 Å². The maximum absolute atomic E-state index is 13.1. The molecule has 0 saturated carbocycles. The van der Waals surface area contributed by atoms with Crippen LogP contribution in [-0.4, -0.2) is 37.5 Å². The van der Waals surface area contributed by atoms with Crippen molar-refractivity contribution >= 4 is 23.3 Å². The molecule has 0 aliphatic carbocycles. The van der Waals surface area contributed by atoms with Crippen molar-refractivity contribution in [1.82, 2.24) is 13.7 Å². The summed E-state index contributed by atoms with van der Waals surface area (Å²) in [5.74, 6) is -2.39. The number of hydrogen-bond acceptors (Lipinski definition) is 9. The van der Waals surface area contributed by atoms with Gasteiger partial charge in [-0.2, -0.15) is 0 Å². The Morgan fingerprint density at radius 3 is 2.35 bits per heavy atom. The van der Waals surface area contributed by atoms with E-state index in [9.17, 15) is 34.1 Å². The first-order chi connectivity index (χ1) is 16.1. The molecule has 0 amide bonds. The van der Waals surface area contributed by atoms with Crippen LogP contribution in [0.1, 0.15) is 26.3 Å². The lowest BCUT2D eigenvalue weighted by Gasteiger charge is -2.15. The van der Waals surface area contributed by atoms with E-state index in [0.717, 1.165) is 31.0 Å². The van der Waals surface area contributed by atoms with Gasteiger partial charge >= 0.3 is 22.9 Å². The molecule has 2 heterocycles. The van der Waals surface area contributed by atoms with Gasteiger partial charge in [0.25, 0.3) is 5.56 Å². The summed E-state index contributed by atoms with van der Waals surface area (Å²) < 4.78 is 6.86. The van der Waals surface area contributed by atoms with Gasteiger partial charge in [-0.1, -0.05) is 30.3 Å². The van der Waals surface area contributed by atoms with E-state index in [4.69, 9.17) is 5.73 Å². The Morgan fingerprint density at radius 1 is 1.12 bits per heavy atom. The summed E-state index contributed by atoms with van der Waals surface area (Å²) in [6, 6.07) is 9.40. The lowest BCUT2D eigenvalue weighted by molar-refractivity contribution is -0.386. The van der Waals surface area contributed by atoms with Gasteiger partial charge in [0.15, 0.2) is 5.78 Å². The molecule has 0 bridgehead atoms. The first-order valence-corrected chi connectivity index (χ1v) is 9.70. The Morgan fingerprint density at radius 2 is 1.76 bits per heavy atom. The molecule has 3 aromatic rings. The van der Waals surface area contributed by atoms with Crippen molar-refractivity contribution in [3.8, 4) is 0 Å². The Labute approximate surface area is 190 Å². The molecule has 2 aromatic heterocycles. The maximum atomic E-state index is 13.1. The van der Waals surface area contributed by atoms with E-state index in [-0.39, 0.29) is 12.1 Å². The van der Waals surface area contributed by atoms with Crippen LogP contribution in [0.25, 0.3) is 0 Å². The van der Waals surface area contributed by atoms with Crippen molar-refractivity contribution < 1.29 is 19.2 Å². The Kier molecular flexibility index (Phi) is 6.56. The van der Waals surface area contributed by atoms with E-state index in [2.05, 4.69) is 4.74 Å². The van der Waals surface area contributed by atoms with Gasteiger partial charge in [0.1, 0.15) is 11.4 Å². The summed E-state index contributed by atoms with van der Waals surface area (Å²) in [4.78, 5) is 73.0. The standard InChI is InChI=1S/C21H19N5O8/c1-23-19(29)16(17(22)25(21(23)31)9-12-6-4-3-5-7-12)15(27)11-24-10-13(20(30)34-2)8-14(18(24)28)26(32)33/h3-8,10H,9,11,22H2,1-2H3. The number of Topliss-reactive ketones (excluding diaryl/α,β-unsaturated/α-hetero) is 1. The third-order valence-electron chi connectivity index (χ3n) is 5.04. The Hall–Kier alpha value is -4.81. The molecule has 0 aliphatic rings. The van der Waals surface area contributed by atoms with E-state index >= 15 is 0 Å². The monoisotopic (exact) mass is 469 g/mol. The number of hydrogen-bond donors (Lipinski definition) is 1. The summed E-state index contributed by atoms with van der Waals surface area (Å²) in [5.41, 5.74) is 1.87. The number of carbonyl (C=O) groups is 2. The number of nitrogens with zero attached hydrogens (tertiary/aromatic N) is 4. The summed E-state index contributed by atoms with van der Waals surface area (Å²) in [7, 11) is 2.20. The second-order valence-electron chi connectivity index (χ2n) is 7.20. The van der Waals surface area contributed by atoms with Gasteiger partial charge in [0.05, 0.1) is 30.7 Å². The fourth-order valence-electron chi connectivity index (χ4n) is 3.30. The van der Waals surface area contributed by atoms with Gasteiger partial charge in [-0.25, -0.2) is 9.59 Å². The number of esters is 1. The quantitative estimate of drug-likeness (QED) is 0.214. The number of aromatic nitrogens is 3. The molecule has 3 rings (SSSR count). The largest absolute Gasteiger partial charge is 0.465 e. The van der Waals surface area contributed by atoms with Crippen molar-refractivity contribution in [2.75, 3.05) is 12.8 Å². The number of nitrogen functional groups attached to an aromatic ring is 1. The first kappa shape index (κ1) is 23.8. The zero-order chi connectivity index (χ0) is 25.2. The highest BCUT2D eigenvalue weighted by Crippen LogP contribution is 2.13. The molecule has 176 valence electrons. The summed E-state index contributed by atoms with van der Waals surface area (Å²) in [5, 5.41) is 11.2. The number of rotatable bonds is 7. The number of methoxy groups -OCH3 is 1. The van der Waals surface area contributed by atoms with Gasteiger partial charge < -0.3 is 15.0 Å². The zero-order valence-electron chi connectivity index (χ0n) is 18.1. The normalized spacial score (nSPS) is 10.6. The second-order valence-corrected chi connectivity index (χ2v) is 7.20. The van der Waals surface area contributed by atoms with Crippen LogP contribution in [0.5, 0.6) is 0 Å². The number of benzene rings is 1. The second kappa shape index (κ2) is 9.36. The molecule has 1 aromatic carbocycles. The summed E-state index contributed by atoms with van der Waals surface area (Å²) in [6.45, 7) is -0.892. The van der Waals surface area contributed by atoms with E-state index in [1.807, 2.05) is 0 Å². The van der Waals surface area contributed by atoms with Crippen LogP contribution in [0.4, 0.5) is 11.5 Å². The number of anilines is 1. The number of nitro groups is 1. The lowest BCUT2D eigenvalue weighted by Crippen LogP contribution is -2.43. The molecule has 0 aliphatic heterocycles. The Bertz CT molecular complexity index is 1480. The number of nitrogens with two attached hydrogens (primary N) is 1. The van der Waals surface area contributed by atoms with Crippen molar-refractivity contribution in [3.63, 3.8) is 0 Å². The van der Waals surface area contributed by atoms with E-state index in [1.165, 1.54) is 0 Å². The summed E-state index contributed by atoms with van der Waals surface area (Å²) >= 11 is 0. The minimum absolute atomic E-state index is 0.0385. The smallest absolute Gasteiger partial charge is 0.339 e. The number of pyridine rings is 1. The highest BCUT2D eigenvalue weighted by atomic mass is 16.6. The predicted molar refractivity (Wildman–Crippen MR) is 119 cm³/mol. The van der Waals surface area contributed by atoms with Crippen molar-refractivity contribution in [1.29, 1.82) is 0 Å². The van der Waals surface area contributed by atoms with Gasteiger partial charge in [0.2, 0.25) is 0 Å². The minimum Gasteiger partial charge on any atom is -0.465 e. The highest BCUT2D eigenvalue weighted by Gasteiger charge is 2.25. The number of ketones is 1. The number of ether oxygens (including phenoxy) is 1. The predicted octanol–water partition coefficient (Wildman–Crippen LogP) is -0.0831. The summed E-state index contributed by atoms with van der Waals surface area (Å²) in [6.07, 6.45) is 0.903. The molecule has 0 spiro atoms. The average Bonchev–Trinajstić information content (AvgIpc) is 2.81. The molecule has 34 heavy (non-hydrogen) atoms. The molecule has 0 saturated heterocycles. The van der Waals surface area contributed by atoms with Gasteiger partial charge in [-0.15, -0.1) is 0 Å². The average molecular weight is 469 g/mol. The molecule has 13 nitrogen and oxygen atoms in total. The van der Waals surface area contributed by atoms with Crippen molar-refractivity contribution in [2.45, 2.75) is 13.1 Å². The zero-order valence-corrected chi connectivity index (χ0v) is 18.1. The molecular formula is C21H19N5O8. The van der Waals surface area contributed by atoms with Crippen LogP contribution in [0.2, 0.25) is 0 Å². The van der Waals surface area contributed by atoms with Gasteiger partial charge in [-0.3, -0.25) is 33.6 Å². The van der Waals surface area contributed by atoms with Crippen LogP contribution in [0.3, 0.4) is 0 Å². The molecule has 0 atom stereocenters. The van der Waals surface area contributed by atoms with Crippen LogP contribution in [0, 0.1) is 10.1 Å². The maximum Gasteiger partial charge on any atom is 0.339 e. The molecular weight excluding hydrogens is 450 g/mol. The lowest BCUT2D eigenvalue weighted by atomic mass is 10.1. The van der Waals surface area contributed by atoms with Crippen LogP contribution in [-0.2, 0) is 24.9 Å². The van der Waals surface area contributed by atoms with Crippen molar-refractivity contribution in [2.24, 2.45) is 7.05 Å². The van der Waals surface area contributed by atoms with E-state index in [1.54, 1.807) is 30.3 Å². The fraction of sp³-hybridized carbons (Fsp3) is 0.190. The third-order valence-corrected chi connectivity index (χ3v) is 5.04. The topological polar surface area (TPSA) is 179 Å². The fourth-order valence-corrected chi connectivity index (χ4v) is 3.30. The van der Waals surface area contributed by atoms with E-state index in [0.29, 0.717) is 14.7 Å². The molecule has 0 radical (unpaired) electrons. The van der Waals surface area contributed by atoms with Crippen LogP contribution < -0.4 is 22.5 Å². The number of carbonyl (C=O) groups excluding carboxylic acids is 2. The molecule has 2 N–H and O–H groups in total. The molecule has 0 fully saturated rings. The SMILES string of the molecule is COC(=O)c1cc([N+](=O)[O-])c(=O)n(CC(=O)c2c(N)n(Cc3ccccc3)c(=O)n(C)c2=O)c1. The van der Waals surface area contributed by atoms with Gasteiger partial charge in [0, 0.05) is 19.3 Å². The minimum atomic E-state index is -1.18. The third kappa shape index (κ3) is 4.39. The van der Waals surface area contributed by atoms with Gasteiger partial charge in [-0.05, 0) is 5.56 Å². The molecule has 13 heteroatoms. The Balaban J connectivity index is 2.13. The highest BCUT2D eigenvalue weighted by molar-refractivity contribution is 5.99.